The topological polar surface area (TPSA) is 127 Å². The van der Waals surface area contributed by atoms with Gasteiger partial charge in [0.2, 0.25) is 0 Å². The van der Waals surface area contributed by atoms with Crippen LogP contribution < -0.4 is 4.74 Å². The molecule has 0 spiro atoms. The Hall–Kier alpha value is -8.09. The number of halogens is 3. The summed E-state index contributed by atoms with van der Waals surface area (Å²) in [6.45, 7) is 6.13. The second-order valence-corrected chi connectivity index (χ2v) is 19.7. The van der Waals surface area contributed by atoms with Gasteiger partial charge in [0, 0.05) is 44.9 Å². The number of alkyl halides is 3. The zero-order valence-electron chi connectivity index (χ0n) is 39.2. The van der Waals surface area contributed by atoms with Crippen molar-refractivity contribution < 1.29 is 27.5 Å². The number of ether oxygens (including phenoxy) is 1. The van der Waals surface area contributed by atoms with Gasteiger partial charge in [-0.3, -0.25) is 9.59 Å². The number of ketones is 2. The molecule has 71 heavy (non-hydrogen) atoms. The standard InChI is InChI=1S/C59H47F3N6O3/c1-35-49-27-25-46-51(38-12-6-4-7-13-38)65-68(56(46)58(49,3)32-41(33-63)53(35)69)44-19-17-37(18-20-44)40-16-10-11-36(29-40)30-48-50-28-26-47-52(39-14-8-5-9-15-39)67(43-21-23-45(24-22-43)71-59(60,61)62)66-55(47)57(50,2)31-42(34-64)54(48)70/h4-24,29,31-32,35,48-50H,25-28,30H2,1-3H3/t35-,48-,49-,50-,57-,58-/m1/s1. The van der Waals surface area contributed by atoms with E-state index in [1.54, 1.807) is 22.9 Å². The van der Waals surface area contributed by atoms with Crippen molar-refractivity contribution in [3.05, 3.63) is 185 Å². The summed E-state index contributed by atoms with van der Waals surface area (Å²) in [6.07, 6.45) is 2.03. The van der Waals surface area contributed by atoms with Crippen molar-refractivity contribution in [1.82, 2.24) is 19.6 Å². The number of allylic oxidation sites excluding steroid dienone is 4. The van der Waals surface area contributed by atoms with Crippen molar-refractivity contribution in [2.75, 3.05) is 0 Å². The summed E-state index contributed by atoms with van der Waals surface area (Å²) < 4.78 is 47.2. The molecule has 352 valence electrons. The van der Waals surface area contributed by atoms with Crippen molar-refractivity contribution in [1.29, 1.82) is 10.5 Å². The molecule has 7 aromatic rings. The van der Waals surface area contributed by atoms with E-state index in [0.29, 0.717) is 24.9 Å². The Kier molecular flexibility index (Phi) is 10.9. The second-order valence-electron chi connectivity index (χ2n) is 19.7. The molecule has 0 N–H and O–H groups in total. The lowest BCUT2D eigenvalue weighted by molar-refractivity contribution is -0.274. The maximum Gasteiger partial charge on any atom is 0.573 e. The third kappa shape index (κ3) is 7.61. The number of fused-ring (bicyclic) bond motifs is 6. The van der Waals surface area contributed by atoms with E-state index < -0.39 is 23.1 Å². The Morgan fingerprint density at radius 1 is 0.662 bits per heavy atom. The number of benzene rings is 5. The number of hydrogen-bond acceptors (Lipinski definition) is 7. The summed E-state index contributed by atoms with van der Waals surface area (Å²) in [5, 5.41) is 31.0. The smallest absolute Gasteiger partial charge is 0.406 e. The average Bonchev–Trinajstić information content (AvgIpc) is 3.98. The molecular formula is C59H47F3N6O3. The van der Waals surface area contributed by atoms with Crippen LogP contribution in [0.3, 0.4) is 0 Å². The first-order valence-electron chi connectivity index (χ1n) is 23.9. The van der Waals surface area contributed by atoms with E-state index >= 15 is 0 Å². The monoisotopic (exact) mass is 944 g/mol. The lowest BCUT2D eigenvalue weighted by Gasteiger charge is -2.45. The fourth-order valence-electron chi connectivity index (χ4n) is 12.4. The molecule has 2 aromatic heterocycles. The number of Topliss-reactive ketones (excluding diaryl/α,β-unsaturated/α-hetero) is 2. The third-order valence-corrected chi connectivity index (χ3v) is 15.7. The van der Waals surface area contributed by atoms with Gasteiger partial charge in [-0.25, -0.2) is 9.36 Å². The number of carbonyl (C=O) groups is 2. The highest BCUT2D eigenvalue weighted by atomic mass is 19.4. The number of rotatable bonds is 8. The summed E-state index contributed by atoms with van der Waals surface area (Å²) in [6, 6.07) is 46.2. The normalized spacial score (nSPS) is 23.5. The van der Waals surface area contributed by atoms with Crippen LogP contribution >= 0.6 is 0 Å². The van der Waals surface area contributed by atoms with Gasteiger partial charge in [0.15, 0.2) is 11.6 Å². The van der Waals surface area contributed by atoms with E-state index in [1.165, 1.54) is 12.1 Å². The van der Waals surface area contributed by atoms with Crippen LogP contribution in [0.4, 0.5) is 13.2 Å². The molecule has 0 aliphatic heterocycles. The Morgan fingerprint density at radius 3 is 1.93 bits per heavy atom. The maximum absolute atomic E-state index is 14.4. The maximum atomic E-state index is 14.4. The first kappa shape index (κ1) is 45.4. The van der Waals surface area contributed by atoms with Crippen LogP contribution in [0, 0.1) is 46.3 Å². The third-order valence-electron chi connectivity index (χ3n) is 15.7. The van der Waals surface area contributed by atoms with Gasteiger partial charge in [-0.2, -0.15) is 20.7 Å². The van der Waals surface area contributed by atoms with E-state index in [-0.39, 0.29) is 46.2 Å². The predicted octanol–water partition coefficient (Wildman–Crippen LogP) is 12.2. The van der Waals surface area contributed by atoms with Crippen LogP contribution in [-0.2, 0) is 39.7 Å². The van der Waals surface area contributed by atoms with Crippen LogP contribution in [0.25, 0.3) is 45.0 Å². The van der Waals surface area contributed by atoms with E-state index in [0.717, 1.165) is 80.2 Å². The molecule has 0 amide bonds. The molecule has 4 aliphatic rings. The van der Waals surface area contributed by atoms with Gasteiger partial charge in [0.05, 0.1) is 45.3 Å². The lowest BCUT2D eigenvalue weighted by atomic mass is 9.56. The minimum Gasteiger partial charge on any atom is -0.406 e. The first-order valence-corrected chi connectivity index (χ1v) is 23.9. The fourth-order valence-corrected chi connectivity index (χ4v) is 12.4. The number of nitrogens with zero attached hydrogens (tertiary/aromatic N) is 6. The van der Waals surface area contributed by atoms with Crippen LogP contribution in [0.2, 0.25) is 0 Å². The van der Waals surface area contributed by atoms with Crippen molar-refractivity contribution in [2.45, 2.75) is 70.1 Å². The number of hydrogen-bond donors (Lipinski definition) is 0. The van der Waals surface area contributed by atoms with Gasteiger partial charge in [0.25, 0.3) is 0 Å². The predicted molar refractivity (Wildman–Crippen MR) is 262 cm³/mol. The SMILES string of the molecule is C[C@H]1C(=O)C(C#N)=C[C@@]2(C)c3c(c(-c4ccccc4)nn3-c3ccc(-c4cccc(C[C@H]5C(=O)C(C#N)=C[C@@]6(C)c7nn(-c8ccc(OC(F)(F)F)cc8)c(-c8ccccc8)c7CC[C@H]56)c4)cc3)CC[C@H]12. The Bertz CT molecular complexity index is 3430. The molecule has 0 bridgehead atoms. The zero-order chi connectivity index (χ0) is 49.4. The molecule has 0 radical (unpaired) electrons. The van der Waals surface area contributed by atoms with Crippen molar-refractivity contribution in [3.8, 4) is 62.9 Å². The molecule has 0 fully saturated rings. The van der Waals surface area contributed by atoms with E-state index in [4.69, 9.17) is 10.2 Å². The van der Waals surface area contributed by atoms with E-state index in [9.17, 15) is 33.3 Å². The summed E-state index contributed by atoms with van der Waals surface area (Å²) in [7, 11) is 0. The fraction of sp³-hybridized carbons (Fsp3) is 0.254. The molecule has 2 heterocycles. The minimum atomic E-state index is -4.83. The first-order chi connectivity index (χ1) is 34.2. The average molecular weight is 945 g/mol. The van der Waals surface area contributed by atoms with Crippen molar-refractivity contribution >= 4 is 11.6 Å². The number of aromatic nitrogens is 4. The molecule has 5 aromatic carbocycles. The molecule has 4 aliphatic carbocycles. The van der Waals surface area contributed by atoms with Crippen molar-refractivity contribution in [3.63, 3.8) is 0 Å². The van der Waals surface area contributed by atoms with Gasteiger partial charge in [0.1, 0.15) is 17.9 Å². The molecule has 0 saturated heterocycles. The molecule has 9 nitrogen and oxygen atoms in total. The summed E-state index contributed by atoms with van der Waals surface area (Å²) in [5.41, 5.74) is 10.5. The molecule has 12 heteroatoms. The Balaban J connectivity index is 0.926. The van der Waals surface area contributed by atoms with Crippen molar-refractivity contribution in [2.24, 2.45) is 23.7 Å². The highest BCUT2D eigenvalue weighted by Crippen LogP contribution is 2.54. The van der Waals surface area contributed by atoms with Crippen LogP contribution in [0.1, 0.15) is 61.7 Å². The Labute approximate surface area is 409 Å². The van der Waals surface area contributed by atoms with Gasteiger partial charge >= 0.3 is 6.36 Å². The molecule has 0 saturated carbocycles. The summed E-state index contributed by atoms with van der Waals surface area (Å²) in [5.74, 6) is -1.68. The molecule has 0 unspecified atom stereocenters. The number of carbonyl (C=O) groups excluding carboxylic acids is 2. The van der Waals surface area contributed by atoms with Gasteiger partial charge in [-0.1, -0.05) is 130 Å². The molecular weight excluding hydrogens is 898 g/mol. The van der Waals surface area contributed by atoms with Gasteiger partial charge in [-0.05, 0) is 97.0 Å². The zero-order valence-corrected chi connectivity index (χ0v) is 39.2. The number of nitriles is 2. The van der Waals surface area contributed by atoms with E-state index in [1.807, 2.05) is 91.3 Å². The molecule has 11 rings (SSSR count). The van der Waals surface area contributed by atoms with Gasteiger partial charge < -0.3 is 4.74 Å². The molecule has 6 atom stereocenters. The quantitative estimate of drug-likeness (QED) is 0.148. The Morgan fingerprint density at radius 2 is 1.25 bits per heavy atom. The van der Waals surface area contributed by atoms with Crippen LogP contribution in [0.15, 0.2) is 157 Å². The van der Waals surface area contributed by atoms with Crippen LogP contribution in [-0.4, -0.2) is 37.5 Å². The summed E-state index contributed by atoms with van der Waals surface area (Å²) >= 11 is 0. The highest BCUT2D eigenvalue weighted by molar-refractivity contribution is 6.03. The second kappa shape index (κ2) is 17.1. The highest BCUT2D eigenvalue weighted by Gasteiger charge is 2.53. The van der Waals surface area contributed by atoms with E-state index in [2.05, 4.69) is 66.3 Å². The van der Waals surface area contributed by atoms with Gasteiger partial charge in [-0.15, -0.1) is 13.2 Å². The lowest BCUT2D eigenvalue weighted by Crippen LogP contribution is -2.47. The summed E-state index contributed by atoms with van der Waals surface area (Å²) in [4.78, 5) is 27.6. The minimum absolute atomic E-state index is 0.00488. The largest absolute Gasteiger partial charge is 0.573 e. The van der Waals surface area contributed by atoms with Crippen LogP contribution in [0.5, 0.6) is 5.75 Å².